The molecule has 7 nitrogen and oxygen atoms in total. The number of H-pyrrole nitrogens is 2. The smallest absolute Gasteiger partial charge is 0.145 e. The summed E-state index contributed by atoms with van der Waals surface area (Å²) in [6.07, 6.45) is 10.1. The van der Waals surface area contributed by atoms with E-state index in [2.05, 4.69) is 41.3 Å². The first kappa shape index (κ1) is 15.9. The molecule has 26 heavy (non-hydrogen) atoms. The fourth-order valence-electron chi connectivity index (χ4n) is 3.65. The molecule has 3 aromatic rings. The van der Waals surface area contributed by atoms with Gasteiger partial charge in [-0.25, -0.2) is 15.0 Å². The molecule has 2 aliphatic rings. The standard InChI is InChI=1S/C18H21N7S/c1-2-12(8-19-4-1)16-21-9-14(24-16)15-10-25(6-7-26-15)18-13-3-5-20-17(13)22-11-23-18/h3,5,9-12,19H,1-2,4,6-8H2,(H,21,24)(H,20,22,23)/t12-/m1/s1. The maximum Gasteiger partial charge on any atom is 0.145 e. The van der Waals surface area contributed by atoms with Crippen LogP contribution in [0.1, 0.15) is 30.3 Å². The molecule has 2 aliphatic heterocycles. The van der Waals surface area contributed by atoms with E-state index in [1.54, 1.807) is 6.33 Å². The molecule has 1 atom stereocenters. The van der Waals surface area contributed by atoms with E-state index in [0.29, 0.717) is 5.92 Å². The van der Waals surface area contributed by atoms with Crippen LogP contribution >= 0.6 is 11.8 Å². The normalized spacial score (nSPS) is 21.2. The second-order valence-corrected chi connectivity index (χ2v) is 7.83. The number of aromatic nitrogens is 5. The molecule has 0 aromatic carbocycles. The highest BCUT2D eigenvalue weighted by atomic mass is 32.2. The molecule has 5 heterocycles. The highest BCUT2D eigenvalue weighted by molar-refractivity contribution is 8.08. The van der Waals surface area contributed by atoms with Crippen molar-refractivity contribution >= 4 is 33.5 Å². The Balaban J connectivity index is 1.44. The molecule has 3 aromatic heterocycles. The van der Waals surface area contributed by atoms with E-state index in [0.717, 1.165) is 53.8 Å². The van der Waals surface area contributed by atoms with E-state index in [4.69, 9.17) is 0 Å². The quantitative estimate of drug-likeness (QED) is 0.660. The summed E-state index contributed by atoms with van der Waals surface area (Å²) in [5.74, 6) is 3.55. The number of rotatable bonds is 3. The Hall–Kier alpha value is -2.32. The SMILES string of the molecule is C1=C(c2cnc([C@@H]3CCCNC3)[nH]2)SCCN1c1ncnc2[nH]ccc12. The average Bonchev–Trinajstić information content (AvgIpc) is 3.38. The summed E-state index contributed by atoms with van der Waals surface area (Å²) in [4.78, 5) is 23.6. The second-order valence-electron chi connectivity index (χ2n) is 6.70. The Labute approximate surface area is 155 Å². The zero-order valence-corrected chi connectivity index (χ0v) is 15.2. The Morgan fingerprint density at radius 1 is 1.23 bits per heavy atom. The molecule has 5 rings (SSSR count). The van der Waals surface area contributed by atoms with Gasteiger partial charge in [0.25, 0.3) is 0 Å². The van der Waals surface area contributed by atoms with Gasteiger partial charge in [0.15, 0.2) is 0 Å². The molecule has 0 unspecified atom stereocenters. The van der Waals surface area contributed by atoms with Crippen LogP contribution in [-0.4, -0.2) is 50.3 Å². The third-order valence-electron chi connectivity index (χ3n) is 5.01. The summed E-state index contributed by atoms with van der Waals surface area (Å²) < 4.78 is 0. The number of nitrogens with zero attached hydrogens (tertiary/aromatic N) is 4. The Morgan fingerprint density at radius 2 is 2.23 bits per heavy atom. The zero-order chi connectivity index (χ0) is 17.3. The minimum atomic E-state index is 0.490. The number of hydrogen-bond donors (Lipinski definition) is 3. The molecule has 0 spiro atoms. The average molecular weight is 367 g/mol. The summed E-state index contributed by atoms with van der Waals surface area (Å²) in [6.45, 7) is 3.06. The van der Waals surface area contributed by atoms with E-state index in [9.17, 15) is 0 Å². The van der Waals surface area contributed by atoms with Crippen LogP contribution in [0.2, 0.25) is 0 Å². The number of hydrogen-bond acceptors (Lipinski definition) is 6. The van der Waals surface area contributed by atoms with Gasteiger partial charge in [-0.1, -0.05) is 0 Å². The maximum atomic E-state index is 4.66. The summed E-state index contributed by atoms with van der Waals surface area (Å²) in [5, 5.41) is 4.51. The maximum absolute atomic E-state index is 4.66. The molecule has 8 heteroatoms. The van der Waals surface area contributed by atoms with Crippen molar-refractivity contribution in [3.63, 3.8) is 0 Å². The molecular weight excluding hydrogens is 346 g/mol. The van der Waals surface area contributed by atoms with Crippen molar-refractivity contribution in [1.82, 2.24) is 30.2 Å². The van der Waals surface area contributed by atoms with Crippen molar-refractivity contribution in [3.05, 3.63) is 42.5 Å². The van der Waals surface area contributed by atoms with Crippen LogP contribution < -0.4 is 10.2 Å². The number of thioether (sulfide) groups is 1. The molecule has 3 N–H and O–H groups in total. The third kappa shape index (κ3) is 2.89. The van der Waals surface area contributed by atoms with Gasteiger partial charge in [0.05, 0.1) is 17.3 Å². The summed E-state index contributed by atoms with van der Waals surface area (Å²) in [5.41, 5.74) is 1.97. The molecular formula is C18H21N7S. The van der Waals surface area contributed by atoms with Crippen LogP contribution in [0.3, 0.4) is 0 Å². The lowest BCUT2D eigenvalue weighted by atomic mass is 9.99. The molecule has 0 aliphatic carbocycles. The molecule has 0 bridgehead atoms. The van der Waals surface area contributed by atoms with Crippen molar-refractivity contribution < 1.29 is 0 Å². The Morgan fingerprint density at radius 3 is 3.15 bits per heavy atom. The lowest BCUT2D eigenvalue weighted by Crippen LogP contribution is -2.28. The van der Waals surface area contributed by atoms with E-state index in [-0.39, 0.29) is 0 Å². The van der Waals surface area contributed by atoms with E-state index < -0.39 is 0 Å². The van der Waals surface area contributed by atoms with Gasteiger partial charge in [-0.3, -0.25) is 0 Å². The number of anilines is 1. The first-order valence-electron chi connectivity index (χ1n) is 9.04. The number of piperidine rings is 1. The van der Waals surface area contributed by atoms with E-state index in [1.807, 2.05) is 30.2 Å². The fraction of sp³-hybridized carbons (Fsp3) is 0.389. The van der Waals surface area contributed by atoms with Crippen LogP contribution in [0, 0.1) is 0 Å². The zero-order valence-electron chi connectivity index (χ0n) is 14.4. The van der Waals surface area contributed by atoms with Crippen LogP contribution in [0.4, 0.5) is 5.82 Å². The molecule has 1 saturated heterocycles. The van der Waals surface area contributed by atoms with Gasteiger partial charge in [-0.15, -0.1) is 11.8 Å². The molecule has 0 radical (unpaired) electrons. The predicted molar refractivity (Wildman–Crippen MR) is 105 cm³/mol. The molecule has 0 amide bonds. The van der Waals surface area contributed by atoms with Gasteiger partial charge in [0.2, 0.25) is 0 Å². The number of nitrogens with one attached hydrogen (secondary N) is 3. The van der Waals surface area contributed by atoms with Gasteiger partial charge < -0.3 is 20.2 Å². The Kier molecular flexibility index (Phi) is 4.14. The predicted octanol–water partition coefficient (Wildman–Crippen LogP) is 2.70. The second kappa shape index (κ2) is 6.77. The van der Waals surface area contributed by atoms with Gasteiger partial charge in [0, 0.05) is 42.1 Å². The van der Waals surface area contributed by atoms with Gasteiger partial charge in [-0.05, 0) is 25.5 Å². The van der Waals surface area contributed by atoms with Crippen molar-refractivity contribution in [3.8, 4) is 0 Å². The van der Waals surface area contributed by atoms with Crippen molar-refractivity contribution in [2.24, 2.45) is 0 Å². The topological polar surface area (TPSA) is 85.5 Å². The highest BCUT2D eigenvalue weighted by Gasteiger charge is 2.21. The summed E-state index contributed by atoms with van der Waals surface area (Å²) in [6, 6.07) is 2.03. The van der Waals surface area contributed by atoms with Crippen LogP contribution in [0.25, 0.3) is 15.9 Å². The number of aromatic amines is 2. The van der Waals surface area contributed by atoms with Gasteiger partial charge >= 0.3 is 0 Å². The summed E-state index contributed by atoms with van der Waals surface area (Å²) >= 11 is 1.86. The largest absolute Gasteiger partial charge is 0.346 e. The lowest BCUT2D eigenvalue weighted by molar-refractivity contribution is 0.449. The van der Waals surface area contributed by atoms with Crippen LogP contribution in [0.5, 0.6) is 0 Å². The van der Waals surface area contributed by atoms with Crippen molar-refractivity contribution in [2.75, 3.05) is 30.3 Å². The first-order valence-corrected chi connectivity index (χ1v) is 10.0. The minimum absolute atomic E-state index is 0.490. The van der Waals surface area contributed by atoms with Crippen LogP contribution in [0.15, 0.2) is 31.0 Å². The monoisotopic (exact) mass is 367 g/mol. The molecule has 1 fully saturated rings. The minimum Gasteiger partial charge on any atom is -0.346 e. The molecule has 134 valence electrons. The third-order valence-corrected chi connectivity index (χ3v) is 6.04. The Bertz CT molecular complexity index is 938. The highest BCUT2D eigenvalue weighted by Crippen LogP contribution is 2.34. The van der Waals surface area contributed by atoms with Crippen molar-refractivity contribution in [1.29, 1.82) is 0 Å². The summed E-state index contributed by atoms with van der Waals surface area (Å²) in [7, 11) is 0. The fourth-order valence-corrected chi connectivity index (χ4v) is 4.62. The first-order chi connectivity index (χ1) is 12.9. The van der Waals surface area contributed by atoms with Gasteiger partial charge in [0.1, 0.15) is 23.6 Å². The van der Waals surface area contributed by atoms with Crippen molar-refractivity contribution in [2.45, 2.75) is 18.8 Å². The number of imidazole rings is 1. The van der Waals surface area contributed by atoms with E-state index in [1.165, 1.54) is 17.7 Å². The molecule has 0 saturated carbocycles. The van der Waals surface area contributed by atoms with Gasteiger partial charge in [-0.2, -0.15) is 0 Å². The number of fused-ring (bicyclic) bond motifs is 1. The van der Waals surface area contributed by atoms with Crippen LogP contribution in [-0.2, 0) is 0 Å². The lowest BCUT2D eigenvalue weighted by Gasteiger charge is -2.25. The van der Waals surface area contributed by atoms with E-state index >= 15 is 0 Å².